The molecular weight excluding hydrogens is 400 g/mol. The van der Waals surface area contributed by atoms with E-state index in [-0.39, 0.29) is 17.9 Å². The van der Waals surface area contributed by atoms with E-state index >= 15 is 0 Å². The van der Waals surface area contributed by atoms with Gasteiger partial charge < -0.3 is 14.6 Å². The maximum Gasteiger partial charge on any atom is 0.342 e. The van der Waals surface area contributed by atoms with Gasteiger partial charge in [0.1, 0.15) is 23.7 Å². The number of hydrogen-bond acceptors (Lipinski definition) is 4. The number of hydrogen-bond donors (Lipinski definition) is 1. The molecule has 0 atom stereocenters. The van der Waals surface area contributed by atoms with E-state index in [9.17, 15) is 9.90 Å². The number of benzene rings is 3. The Hall–Kier alpha value is -3.53. The highest BCUT2D eigenvalue weighted by molar-refractivity contribution is 5.95. The minimum absolute atomic E-state index is 0.0667. The van der Waals surface area contributed by atoms with Crippen molar-refractivity contribution >= 4 is 5.97 Å². The Bertz CT molecular complexity index is 1070. The number of methoxy groups -OCH3 is 1. The van der Waals surface area contributed by atoms with Crippen molar-refractivity contribution in [2.24, 2.45) is 0 Å². The first-order valence-electron chi connectivity index (χ1n) is 10.8. The summed E-state index contributed by atoms with van der Waals surface area (Å²) >= 11 is 0. The second kappa shape index (κ2) is 11.2. The van der Waals surface area contributed by atoms with E-state index in [2.05, 4.69) is 0 Å². The van der Waals surface area contributed by atoms with Gasteiger partial charge in [0.15, 0.2) is 0 Å². The lowest BCUT2D eigenvalue weighted by atomic mass is 9.94. The molecule has 0 aliphatic rings. The zero-order chi connectivity index (χ0) is 22.9. The summed E-state index contributed by atoms with van der Waals surface area (Å²) < 4.78 is 11.2. The largest absolute Gasteiger partial charge is 0.507 e. The van der Waals surface area contributed by atoms with E-state index in [0.717, 1.165) is 23.1 Å². The quantitative estimate of drug-likeness (QED) is 0.332. The van der Waals surface area contributed by atoms with E-state index in [4.69, 9.17) is 9.47 Å². The molecule has 0 saturated heterocycles. The third-order valence-electron chi connectivity index (χ3n) is 5.32. The molecule has 4 nitrogen and oxygen atoms in total. The van der Waals surface area contributed by atoms with Crippen LogP contribution in [0.2, 0.25) is 0 Å². The van der Waals surface area contributed by atoms with E-state index in [1.807, 2.05) is 86.7 Å². The normalized spacial score (nSPS) is 10.5. The summed E-state index contributed by atoms with van der Waals surface area (Å²) in [6, 6.07) is 21.4. The van der Waals surface area contributed by atoms with E-state index in [1.165, 1.54) is 0 Å². The van der Waals surface area contributed by atoms with Gasteiger partial charge >= 0.3 is 5.97 Å². The third-order valence-corrected chi connectivity index (χ3v) is 5.32. The monoisotopic (exact) mass is 430 g/mol. The molecule has 0 aromatic heterocycles. The fourth-order valence-corrected chi connectivity index (χ4v) is 3.57. The molecule has 0 spiro atoms. The molecule has 32 heavy (non-hydrogen) atoms. The van der Waals surface area contributed by atoms with Gasteiger partial charge in [-0.15, -0.1) is 0 Å². The molecule has 0 bridgehead atoms. The van der Waals surface area contributed by atoms with Crippen LogP contribution in [0.5, 0.6) is 11.5 Å². The molecule has 0 radical (unpaired) electrons. The van der Waals surface area contributed by atoms with Crippen molar-refractivity contribution in [2.75, 3.05) is 7.11 Å². The molecule has 4 heteroatoms. The average Bonchev–Trinajstić information content (AvgIpc) is 2.81. The van der Waals surface area contributed by atoms with Gasteiger partial charge in [-0.05, 0) is 55.9 Å². The summed E-state index contributed by atoms with van der Waals surface area (Å²) in [5, 5.41) is 11.1. The van der Waals surface area contributed by atoms with Crippen LogP contribution < -0.4 is 4.74 Å². The number of ether oxygens (including phenoxy) is 2. The fourth-order valence-electron chi connectivity index (χ4n) is 3.57. The zero-order valence-electron chi connectivity index (χ0n) is 18.9. The van der Waals surface area contributed by atoms with Crippen molar-refractivity contribution in [1.29, 1.82) is 0 Å². The Morgan fingerprint density at radius 3 is 2.16 bits per heavy atom. The van der Waals surface area contributed by atoms with Gasteiger partial charge in [-0.1, -0.05) is 72.3 Å². The molecule has 0 unspecified atom stereocenters. The highest BCUT2D eigenvalue weighted by atomic mass is 16.5. The maximum atomic E-state index is 13.1. The van der Waals surface area contributed by atoms with Crippen LogP contribution in [-0.4, -0.2) is 18.2 Å². The van der Waals surface area contributed by atoms with Crippen LogP contribution in [0.3, 0.4) is 0 Å². The average molecular weight is 431 g/mol. The van der Waals surface area contributed by atoms with Crippen LogP contribution in [0.4, 0.5) is 0 Å². The first-order chi connectivity index (χ1) is 15.5. The molecular formula is C28H30O4. The van der Waals surface area contributed by atoms with E-state index in [1.54, 1.807) is 7.11 Å². The second-order valence-corrected chi connectivity index (χ2v) is 7.97. The van der Waals surface area contributed by atoms with Gasteiger partial charge in [0.25, 0.3) is 0 Å². The lowest BCUT2D eigenvalue weighted by Crippen LogP contribution is -2.12. The fraction of sp³-hybridized carbons (Fsp3) is 0.250. The van der Waals surface area contributed by atoms with Crippen LogP contribution in [0.15, 0.2) is 78.4 Å². The number of aryl methyl sites for hydroxylation is 2. The maximum absolute atomic E-state index is 13.1. The first-order valence-corrected chi connectivity index (χ1v) is 10.8. The van der Waals surface area contributed by atoms with Crippen molar-refractivity contribution in [3.8, 4) is 11.5 Å². The smallest absolute Gasteiger partial charge is 0.342 e. The van der Waals surface area contributed by atoms with Crippen LogP contribution >= 0.6 is 0 Å². The molecule has 0 aliphatic carbocycles. The molecule has 0 fully saturated rings. The first kappa shape index (κ1) is 23.1. The van der Waals surface area contributed by atoms with Crippen LogP contribution in [0, 0.1) is 0 Å². The highest BCUT2D eigenvalue weighted by Crippen LogP contribution is 2.36. The Morgan fingerprint density at radius 1 is 0.938 bits per heavy atom. The van der Waals surface area contributed by atoms with Gasteiger partial charge in [-0.2, -0.15) is 0 Å². The van der Waals surface area contributed by atoms with Crippen LogP contribution in [0.1, 0.15) is 46.5 Å². The predicted octanol–water partition coefficient (Wildman–Crippen LogP) is 6.05. The standard InChI is InChI=1S/C28H30O4/c1-20(2)14-17-24-25(31-3)18-23(16-15-21-10-6-4-7-11-21)26(27(24)29)28(30)32-19-22-12-8-5-9-13-22/h4-14,18,29H,15-17,19H2,1-3H3. The van der Waals surface area contributed by atoms with Gasteiger partial charge in [0.05, 0.1) is 7.11 Å². The molecule has 166 valence electrons. The number of phenolic OH excluding ortho intramolecular Hbond substituents is 1. The zero-order valence-corrected chi connectivity index (χ0v) is 18.9. The molecule has 1 N–H and O–H groups in total. The Balaban J connectivity index is 1.96. The Labute approximate surface area is 190 Å². The van der Waals surface area contributed by atoms with Crippen molar-refractivity contribution in [3.63, 3.8) is 0 Å². The number of carbonyl (C=O) groups is 1. The topological polar surface area (TPSA) is 55.8 Å². The van der Waals surface area contributed by atoms with Gasteiger partial charge in [0.2, 0.25) is 0 Å². The lowest BCUT2D eigenvalue weighted by molar-refractivity contribution is 0.0467. The molecule has 0 heterocycles. The number of phenols is 1. The van der Waals surface area contributed by atoms with Gasteiger partial charge in [-0.3, -0.25) is 0 Å². The number of allylic oxidation sites excluding steroid dienone is 2. The molecule has 0 aliphatic heterocycles. The van der Waals surface area contributed by atoms with Crippen molar-refractivity contribution in [3.05, 3.63) is 106 Å². The van der Waals surface area contributed by atoms with Gasteiger partial charge in [-0.25, -0.2) is 4.79 Å². The lowest BCUT2D eigenvalue weighted by Gasteiger charge is -2.17. The SMILES string of the molecule is COc1cc(CCc2ccccc2)c(C(=O)OCc2ccccc2)c(O)c1CC=C(C)C. The van der Waals surface area contributed by atoms with E-state index < -0.39 is 5.97 Å². The summed E-state index contributed by atoms with van der Waals surface area (Å²) in [5.74, 6) is -0.0267. The number of esters is 1. The summed E-state index contributed by atoms with van der Waals surface area (Å²) in [6.45, 7) is 4.13. The molecule has 3 rings (SSSR count). The highest BCUT2D eigenvalue weighted by Gasteiger charge is 2.24. The number of rotatable bonds is 9. The molecule has 0 saturated carbocycles. The Kier molecular flexibility index (Phi) is 8.09. The van der Waals surface area contributed by atoms with Crippen molar-refractivity contribution < 1.29 is 19.4 Å². The predicted molar refractivity (Wildman–Crippen MR) is 127 cm³/mol. The number of carbonyl (C=O) groups excluding carboxylic acids is 1. The summed E-state index contributed by atoms with van der Waals surface area (Å²) in [7, 11) is 1.58. The summed E-state index contributed by atoms with van der Waals surface area (Å²) in [6.07, 6.45) is 3.78. The minimum Gasteiger partial charge on any atom is -0.507 e. The number of aromatic hydroxyl groups is 1. The Morgan fingerprint density at radius 2 is 1.56 bits per heavy atom. The second-order valence-electron chi connectivity index (χ2n) is 7.97. The van der Waals surface area contributed by atoms with Crippen LogP contribution in [-0.2, 0) is 30.6 Å². The summed E-state index contributed by atoms with van der Waals surface area (Å²) in [4.78, 5) is 13.1. The van der Waals surface area contributed by atoms with E-state index in [0.29, 0.717) is 29.7 Å². The van der Waals surface area contributed by atoms with Crippen molar-refractivity contribution in [2.45, 2.75) is 39.7 Å². The van der Waals surface area contributed by atoms with Crippen molar-refractivity contribution in [1.82, 2.24) is 0 Å². The van der Waals surface area contributed by atoms with Crippen LogP contribution in [0.25, 0.3) is 0 Å². The summed E-state index contributed by atoms with van der Waals surface area (Å²) in [5.41, 5.74) is 4.68. The minimum atomic E-state index is -0.532. The molecule has 3 aromatic rings. The third kappa shape index (κ3) is 6.01. The molecule has 3 aromatic carbocycles. The molecule has 0 amide bonds. The van der Waals surface area contributed by atoms with Gasteiger partial charge in [0, 0.05) is 5.56 Å².